The van der Waals surface area contributed by atoms with Crippen LogP contribution in [0.15, 0.2) is 12.1 Å². The molecule has 0 bridgehead atoms. The van der Waals surface area contributed by atoms with Crippen molar-refractivity contribution in [1.82, 2.24) is 15.1 Å². The van der Waals surface area contributed by atoms with E-state index in [4.69, 9.17) is 14.2 Å². The molecule has 1 aromatic heterocycles. The first-order chi connectivity index (χ1) is 12.8. The lowest BCUT2D eigenvalue weighted by atomic mass is 10.1. The van der Waals surface area contributed by atoms with Crippen molar-refractivity contribution < 1.29 is 23.8 Å². The summed E-state index contributed by atoms with van der Waals surface area (Å²) in [6, 6.07) is 3.14. The fourth-order valence-corrected chi connectivity index (χ4v) is 2.67. The van der Waals surface area contributed by atoms with Crippen LogP contribution in [0.1, 0.15) is 21.7 Å². The Balaban J connectivity index is 2.10. The smallest absolute Gasteiger partial charge is 0.255 e. The molecule has 2 amide bonds. The molecule has 9 nitrogen and oxygen atoms in total. The van der Waals surface area contributed by atoms with Crippen molar-refractivity contribution in [2.75, 3.05) is 33.2 Å². The number of nitrogens with zero attached hydrogens (tertiary/aromatic N) is 2. The molecule has 0 aliphatic rings. The van der Waals surface area contributed by atoms with Crippen molar-refractivity contribution in [1.29, 1.82) is 0 Å². The molecule has 0 fully saturated rings. The highest BCUT2D eigenvalue weighted by Crippen LogP contribution is 2.39. The third-order valence-electron chi connectivity index (χ3n) is 4.13. The minimum Gasteiger partial charge on any atom is -0.493 e. The summed E-state index contributed by atoms with van der Waals surface area (Å²) in [7, 11) is 6.16. The van der Waals surface area contributed by atoms with Gasteiger partial charge in [0.1, 0.15) is 0 Å². The fourth-order valence-electron chi connectivity index (χ4n) is 2.67. The first-order valence-electron chi connectivity index (χ1n) is 8.21. The Hall–Kier alpha value is -3.23. The van der Waals surface area contributed by atoms with E-state index < -0.39 is 5.91 Å². The molecule has 1 aromatic carbocycles. The minimum absolute atomic E-state index is 0.204. The summed E-state index contributed by atoms with van der Waals surface area (Å²) in [4.78, 5) is 24.7. The Morgan fingerprint density at radius 1 is 1.07 bits per heavy atom. The zero-order valence-corrected chi connectivity index (χ0v) is 16.3. The largest absolute Gasteiger partial charge is 0.493 e. The molecule has 0 saturated carbocycles. The lowest BCUT2D eigenvalue weighted by molar-refractivity contribution is -0.115. The third-order valence-corrected chi connectivity index (χ3v) is 4.13. The average Bonchev–Trinajstić information content (AvgIpc) is 2.90. The van der Waals surface area contributed by atoms with Gasteiger partial charge in [-0.1, -0.05) is 0 Å². The normalized spacial score (nSPS) is 10.3. The van der Waals surface area contributed by atoms with E-state index in [0.29, 0.717) is 22.9 Å². The van der Waals surface area contributed by atoms with E-state index in [1.54, 1.807) is 30.8 Å². The molecule has 0 saturated heterocycles. The van der Waals surface area contributed by atoms with Gasteiger partial charge in [-0.15, -0.1) is 0 Å². The van der Waals surface area contributed by atoms with Crippen molar-refractivity contribution in [2.45, 2.75) is 13.8 Å². The summed E-state index contributed by atoms with van der Waals surface area (Å²) in [5.74, 6) is 0.142. The van der Waals surface area contributed by atoms with Crippen LogP contribution >= 0.6 is 0 Å². The van der Waals surface area contributed by atoms with Crippen molar-refractivity contribution in [3.8, 4) is 17.2 Å². The standard InChI is InChI=1S/C18H24N4O5/c1-10-15(11(2)22(3)21-10)20-14(23)9-19-18(24)12-7-8-13(25-4)17(27-6)16(12)26-5/h7-8H,9H2,1-6H3,(H,19,24)(H,20,23). The van der Waals surface area contributed by atoms with E-state index >= 15 is 0 Å². The summed E-state index contributed by atoms with van der Waals surface area (Å²) in [5.41, 5.74) is 2.40. The second-order valence-electron chi connectivity index (χ2n) is 5.78. The molecule has 0 aliphatic heterocycles. The maximum Gasteiger partial charge on any atom is 0.255 e. The molecular formula is C18H24N4O5. The van der Waals surface area contributed by atoms with Crippen molar-refractivity contribution in [2.24, 2.45) is 7.05 Å². The number of nitrogens with one attached hydrogen (secondary N) is 2. The summed E-state index contributed by atoms with van der Waals surface area (Å²) in [6.45, 7) is 3.45. The van der Waals surface area contributed by atoms with Gasteiger partial charge in [-0.25, -0.2) is 0 Å². The molecule has 1 heterocycles. The van der Waals surface area contributed by atoms with E-state index in [2.05, 4.69) is 15.7 Å². The summed E-state index contributed by atoms with van der Waals surface area (Å²) in [5, 5.41) is 9.57. The predicted molar refractivity (Wildman–Crippen MR) is 99.7 cm³/mol. The van der Waals surface area contributed by atoms with Gasteiger partial charge in [0.2, 0.25) is 11.7 Å². The predicted octanol–water partition coefficient (Wildman–Crippen LogP) is 1.43. The van der Waals surface area contributed by atoms with Gasteiger partial charge >= 0.3 is 0 Å². The summed E-state index contributed by atoms with van der Waals surface area (Å²) in [6.07, 6.45) is 0. The Morgan fingerprint density at radius 3 is 2.26 bits per heavy atom. The minimum atomic E-state index is -0.470. The van der Waals surface area contributed by atoms with Gasteiger partial charge in [-0.05, 0) is 26.0 Å². The number of hydrogen-bond acceptors (Lipinski definition) is 6. The van der Waals surface area contributed by atoms with Gasteiger partial charge in [0.05, 0.1) is 50.5 Å². The monoisotopic (exact) mass is 376 g/mol. The molecule has 27 heavy (non-hydrogen) atoms. The van der Waals surface area contributed by atoms with Crippen LogP contribution in [-0.4, -0.2) is 49.5 Å². The number of ether oxygens (including phenoxy) is 3. The number of aryl methyl sites for hydroxylation is 2. The van der Waals surface area contributed by atoms with Crippen LogP contribution in [0.4, 0.5) is 5.69 Å². The molecule has 9 heteroatoms. The Morgan fingerprint density at radius 2 is 1.74 bits per heavy atom. The van der Waals surface area contributed by atoms with Crippen LogP contribution in [-0.2, 0) is 11.8 Å². The number of amides is 2. The molecule has 0 spiro atoms. The van der Waals surface area contributed by atoms with Gasteiger partial charge in [-0.3, -0.25) is 14.3 Å². The first-order valence-corrected chi connectivity index (χ1v) is 8.21. The number of aromatic nitrogens is 2. The van der Waals surface area contributed by atoms with Gasteiger partial charge < -0.3 is 24.8 Å². The highest BCUT2D eigenvalue weighted by Gasteiger charge is 2.21. The highest BCUT2D eigenvalue weighted by atomic mass is 16.5. The Labute approximate surface area is 157 Å². The van der Waals surface area contributed by atoms with Crippen molar-refractivity contribution in [3.63, 3.8) is 0 Å². The lowest BCUT2D eigenvalue weighted by Crippen LogP contribution is -2.33. The number of benzene rings is 1. The quantitative estimate of drug-likeness (QED) is 0.758. The number of rotatable bonds is 7. The number of anilines is 1. The highest BCUT2D eigenvalue weighted by molar-refractivity contribution is 6.02. The van der Waals surface area contributed by atoms with Crippen LogP contribution in [0, 0.1) is 13.8 Å². The first kappa shape index (κ1) is 20.1. The van der Waals surface area contributed by atoms with Crippen LogP contribution in [0.5, 0.6) is 17.2 Å². The number of carbonyl (C=O) groups is 2. The number of methoxy groups -OCH3 is 3. The molecule has 0 aliphatic carbocycles. The van der Waals surface area contributed by atoms with Crippen molar-refractivity contribution >= 4 is 17.5 Å². The third kappa shape index (κ3) is 4.13. The summed E-state index contributed by atoms with van der Waals surface area (Å²) >= 11 is 0. The second kappa shape index (κ2) is 8.43. The molecule has 0 unspecified atom stereocenters. The maximum absolute atomic E-state index is 12.5. The van der Waals surface area contributed by atoms with Gasteiger partial charge in [0.25, 0.3) is 5.91 Å². The molecular weight excluding hydrogens is 352 g/mol. The van der Waals surface area contributed by atoms with E-state index in [-0.39, 0.29) is 23.8 Å². The Bertz CT molecular complexity index is 860. The molecule has 0 atom stereocenters. The van der Waals surface area contributed by atoms with Gasteiger partial charge in [0, 0.05) is 7.05 Å². The van der Waals surface area contributed by atoms with E-state index in [0.717, 1.165) is 5.69 Å². The van der Waals surface area contributed by atoms with E-state index in [9.17, 15) is 9.59 Å². The number of hydrogen-bond donors (Lipinski definition) is 2. The molecule has 2 rings (SSSR count). The molecule has 2 aromatic rings. The second-order valence-corrected chi connectivity index (χ2v) is 5.78. The van der Waals surface area contributed by atoms with Gasteiger partial charge in [-0.2, -0.15) is 5.10 Å². The van der Waals surface area contributed by atoms with Crippen LogP contribution < -0.4 is 24.8 Å². The lowest BCUT2D eigenvalue weighted by Gasteiger charge is -2.15. The van der Waals surface area contributed by atoms with Crippen LogP contribution in [0.3, 0.4) is 0 Å². The average molecular weight is 376 g/mol. The zero-order valence-electron chi connectivity index (χ0n) is 16.3. The molecule has 146 valence electrons. The molecule has 0 radical (unpaired) electrons. The van der Waals surface area contributed by atoms with Gasteiger partial charge in [0.15, 0.2) is 11.5 Å². The fraction of sp³-hybridized carbons (Fsp3) is 0.389. The SMILES string of the molecule is COc1ccc(C(=O)NCC(=O)Nc2c(C)nn(C)c2C)c(OC)c1OC. The molecule has 2 N–H and O–H groups in total. The topological polar surface area (TPSA) is 104 Å². The summed E-state index contributed by atoms with van der Waals surface area (Å²) < 4.78 is 17.4. The Kier molecular flexibility index (Phi) is 6.27. The van der Waals surface area contributed by atoms with Crippen LogP contribution in [0.2, 0.25) is 0 Å². The van der Waals surface area contributed by atoms with E-state index in [1.165, 1.54) is 21.3 Å². The van der Waals surface area contributed by atoms with Crippen molar-refractivity contribution in [3.05, 3.63) is 29.1 Å². The maximum atomic E-state index is 12.5. The van der Waals surface area contributed by atoms with Crippen LogP contribution in [0.25, 0.3) is 0 Å². The zero-order chi connectivity index (χ0) is 20.1. The number of carbonyl (C=O) groups excluding carboxylic acids is 2. The van der Waals surface area contributed by atoms with E-state index in [1.807, 2.05) is 6.92 Å².